The Morgan fingerprint density at radius 1 is 1.20 bits per heavy atom. The van der Waals surface area contributed by atoms with Crippen LogP contribution < -0.4 is 10.2 Å². The zero-order chi connectivity index (χ0) is 14.4. The van der Waals surface area contributed by atoms with Gasteiger partial charge in [-0.2, -0.15) is 0 Å². The highest BCUT2D eigenvalue weighted by Gasteiger charge is 2.23. The SMILES string of the molecule is CCNc1ncnc(N2CCCCCC2CC)c1CC. The first-order valence-electron chi connectivity index (χ1n) is 8.16. The second-order valence-corrected chi connectivity index (χ2v) is 5.51. The van der Waals surface area contributed by atoms with Crippen molar-refractivity contribution in [3.05, 3.63) is 11.9 Å². The van der Waals surface area contributed by atoms with Crippen molar-refractivity contribution in [2.24, 2.45) is 0 Å². The van der Waals surface area contributed by atoms with Gasteiger partial charge in [-0.25, -0.2) is 9.97 Å². The van der Waals surface area contributed by atoms with Crippen molar-refractivity contribution in [2.45, 2.75) is 65.3 Å². The standard InChI is InChI=1S/C16H28N4/c1-4-13-10-8-7-9-11-20(13)16-14(5-2)15(17-6-3)18-12-19-16/h12-13H,4-11H2,1-3H3,(H,17,18,19). The first-order chi connectivity index (χ1) is 9.81. The lowest BCUT2D eigenvalue weighted by molar-refractivity contribution is 0.550. The first kappa shape index (κ1) is 15.1. The monoisotopic (exact) mass is 276 g/mol. The summed E-state index contributed by atoms with van der Waals surface area (Å²) in [7, 11) is 0. The van der Waals surface area contributed by atoms with Crippen LogP contribution in [-0.4, -0.2) is 29.1 Å². The second-order valence-electron chi connectivity index (χ2n) is 5.51. The molecule has 0 aromatic carbocycles. The highest BCUT2D eigenvalue weighted by molar-refractivity contribution is 5.59. The molecule has 0 aliphatic carbocycles. The molecule has 2 rings (SSSR count). The number of rotatable bonds is 5. The molecule has 1 aromatic heterocycles. The molecule has 1 aliphatic heterocycles. The molecule has 20 heavy (non-hydrogen) atoms. The molecule has 1 fully saturated rings. The van der Waals surface area contributed by atoms with E-state index in [1.165, 1.54) is 37.7 Å². The summed E-state index contributed by atoms with van der Waals surface area (Å²) in [5, 5.41) is 3.38. The van der Waals surface area contributed by atoms with Gasteiger partial charge in [0.25, 0.3) is 0 Å². The number of hydrogen-bond donors (Lipinski definition) is 1. The Balaban J connectivity index is 2.35. The molecule has 4 nitrogen and oxygen atoms in total. The van der Waals surface area contributed by atoms with Crippen LogP contribution in [0.15, 0.2) is 6.33 Å². The Kier molecular flexibility index (Phi) is 5.62. The summed E-state index contributed by atoms with van der Waals surface area (Å²) in [6.45, 7) is 8.64. The quantitative estimate of drug-likeness (QED) is 0.891. The third-order valence-corrected chi connectivity index (χ3v) is 4.24. The topological polar surface area (TPSA) is 41.1 Å². The van der Waals surface area contributed by atoms with Crippen LogP contribution in [0.25, 0.3) is 0 Å². The minimum atomic E-state index is 0.632. The van der Waals surface area contributed by atoms with Crippen LogP contribution in [-0.2, 0) is 6.42 Å². The summed E-state index contributed by atoms with van der Waals surface area (Å²) in [5.74, 6) is 2.17. The average molecular weight is 276 g/mol. The molecule has 4 heteroatoms. The van der Waals surface area contributed by atoms with Crippen molar-refractivity contribution in [3.63, 3.8) is 0 Å². The van der Waals surface area contributed by atoms with E-state index in [-0.39, 0.29) is 0 Å². The molecule has 0 radical (unpaired) electrons. The molecule has 1 saturated heterocycles. The number of hydrogen-bond acceptors (Lipinski definition) is 4. The summed E-state index contributed by atoms with van der Waals surface area (Å²) in [6.07, 6.45) is 9.15. The van der Waals surface area contributed by atoms with Gasteiger partial charge in [0.2, 0.25) is 0 Å². The molecule has 112 valence electrons. The van der Waals surface area contributed by atoms with Crippen LogP contribution in [0.3, 0.4) is 0 Å². The van der Waals surface area contributed by atoms with E-state index in [9.17, 15) is 0 Å². The van der Waals surface area contributed by atoms with Crippen molar-refractivity contribution in [1.29, 1.82) is 0 Å². The lowest BCUT2D eigenvalue weighted by atomic mass is 10.1. The fraction of sp³-hybridized carbons (Fsp3) is 0.750. The van der Waals surface area contributed by atoms with Gasteiger partial charge in [0, 0.05) is 24.7 Å². The van der Waals surface area contributed by atoms with Crippen molar-refractivity contribution < 1.29 is 0 Å². The fourth-order valence-electron chi connectivity index (χ4n) is 3.18. The summed E-state index contributed by atoms with van der Waals surface area (Å²) in [5.41, 5.74) is 1.27. The van der Waals surface area contributed by atoms with Crippen molar-refractivity contribution in [3.8, 4) is 0 Å². The molecule has 0 bridgehead atoms. The van der Waals surface area contributed by atoms with Gasteiger partial charge in [-0.3, -0.25) is 0 Å². The Morgan fingerprint density at radius 2 is 2.05 bits per heavy atom. The number of aromatic nitrogens is 2. The van der Waals surface area contributed by atoms with Crippen molar-refractivity contribution in [2.75, 3.05) is 23.3 Å². The molecule has 0 saturated carbocycles. The summed E-state index contributed by atoms with van der Waals surface area (Å²) in [6, 6.07) is 0.632. The molecule has 2 heterocycles. The van der Waals surface area contributed by atoms with E-state index in [4.69, 9.17) is 0 Å². The molecular weight excluding hydrogens is 248 g/mol. The van der Waals surface area contributed by atoms with Gasteiger partial charge >= 0.3 is 0 Å². The molecule has 0 spiro atoms. The lowest BCUT2D eigenvalue weighted by Gasteiger charge is -2.32. The van der Waals surface area contributed by atoms with Gasteiger partial charge in [0.05, 0.1) is 0 Å². The van der Waals surface area contributed by atoms with Gasteiger partial charge in [0.1, 0.15) is 18.0 Å². The van der Waals surface area contributed by atoms with E-state index in [0.717, 1.165) is 31.1 Å². The third kappa shape index (κ3) is 3.22. The van der Waals surface area contributed by atoms with Crippen LogP contribution in [0.2, 0.25) is 0 Å². The van der Waals surface area contributed by atoms with Crippen LogP contribution in [0.4, 0.5) is 11.6 Å². The minimum Gasteiger partial charge on any atom is -0.370 e. The number of anilines is 2. The molecule has 1 atom stereocenters. The predicted octanol–water partition coefficient (Wildman–Crippen LogP) is 3.63. The zero-order valence-electron chi connectivity index (χ0n) is 13.2. The molecule has 1 N–H and O–H groups in total. The van der Waals surface area contributed by atoms with Gasteiger partial charge in [0.15, 0.2) is 0 Å². The van der Waals surface area contributed by atoms with E-state index >= 15 is 0 Å². The van der Waals surface area contributed by atoms with Gasteiger partial charge in [-0.05, 0) is 32.6 Å². The summed E-state index contributed by atoms with van der Waals surface area (Å²) < 4.78 is 0. The smallest absolute Gasteiger partial charge is 0.137 e. The van der Waals surface area contributed by atoms with Gasteiger partial charge < -0.3 is 10.2 Å². The maximum absolute atomic E-state index is 4.63. The normalized spacial score (nSPS) is 19.8. The van der Waals surface area contributed by atoms with Crippen molar-refractivity contribution in [1.82, 2.24) is 9.97 Å². The number of nitrogens with zero attached hydrogens (tertiary/aromatic N) is 3. The van der Waals surface area contributed by atoms with Gasteiger partial charge in [-0.15, -0.1) is 0 Å². The maximum Gasteiger partial charge on any atom is 0.137 e. The Labute approximate surface area is 123 Å². The molecule has 1 unspecified atom stereocenters. The zero-order valence-corrected chi connectivity index (χ0v) is 13.2. The van der Waals surface area contributed by atoms with E-state index < -0.39 is 0 Å². The molecule has 1 aliphatic rings. The van der Waals surface area contributed by atoms with Crippen LogP contribution in [0.5, 0.6) is 0 Å². The van der Waals surface area contributed by atoms with E-state index in [1.807, 2.05) is 0 Å². The highest BCUT2D eigenvalue weighted by Crippen LogP contribution is 2.30. The first-order valence-corrected chi connectivity index (χ1v) is 8.16. The lowest BCUT2D eigenvalue weighted by Crippen LogP contribution is -2.36. The Hall–Kier alpha value is -1.32. The van der Waals surface area contributed by atoms with E-state index in [1.54, 1.807) is 6.33 Å². The average Bonchev–Trinajstić information content (AvgIpc) is 2.72. The van der Waals surface area contributed by atoms with E-state index in [2.05, 4.69) is 41.0 Å². The van der Waals surface area contributed by atoms with Crippen molar-refractivity contribution >= 4 is 11.6 Å². The minimum absolute atomic E-state index is 0.632. The molecule has 1 aromatic rings. The number of nitrogens with one attached hydrogen (secondary N) is 1. The molecule has 0 amide bonds. The summed E-state index contributed by atoms with van der Waals surface area (Å²) in [4.78, 5) is 11.6. The van der Waals surface area contributed by atoms with Crippen LogP contribution in [0, 0.1) is 0 Å². The maximum atomic E-state index is 4.63. The van der Waals surface area contributed by atoms with E-state index in [0.29, 0.717) is 6.04 Å². The predicted molar refractivity (Wildman–Crippen MR) is 85.5 cm³/mol. The highest BCUT2D eigenvalue weighted by atomic mass is 15.2. The third-order valence-electron chi connectivity index (χ3n) is 4.24. The second kappa shape index (κ2) is 7.46. The largest absolute Gasteiger partial charge is 0.370 e. The summed E-state index contributed by atoms with van der Waals surface area (Å²) >= 11 is 0. The fourth-order valence-corrected chi connectivity index (χ4v) is 3.18. The van der Waals surface area contributed by atoms with Crippen LogP contribution in [0.1, 0.15) is 58.4 Å². The Morgan fingerprint density at radius 3 is 2.75 bits per heavy atom. The van der Waals surface area contributed by atoms with Crippen LogP contribution >= 0.6 is 0 Å². The molecular formula is C16H28N4. The Bertz CT molecular complexity index is 419. The van der Waals surface area contributed by atoms with Gasteiger partial charge in [-0.1, -0.05) is 26.7 Å².